The third-order valence-electron chi connectivity index (χ3n) is 3.38. The predicted octanol–water partition coefficient (Wildman–Crippen LogP) is 3.49. The van der Waals surface area contributed by atoms with Gasteiger partial charge in [0.25, 0.3) is 0 Å². The molecule has 0 bridgehead atoms. The van der Waals surface area contributed by atoms with E-state index in [-0.39, 0.29) is 16.7 Å². The molecule has 1 aromatic heterocycles. The van der Waals surface area contributed by atoms with E-state index < -0.39 is 29.3 Å². The molecule has 1 heterocycles. The Morgan fingerprint density at radius 1 is 1.00 bits per heavy atom. The van der Waals surface area contributed by atoms with Gasteiger partial charge in [-0.3, -0.25) is 4.79 Å². The summed E-state index contributed by atoms with van der Waals surface area (Å²) in [7, 11) is 2.46. The zero-order chi connectivity index (χ0) is 19.3. The van der Waals surface area contributed by atoms with E-state index in [1.54, 1.807) is 6.07 Å². The maximum Gasteiger partial charge on any atom is 0.433 e. The van der Waals surface area contributed by atoms with Gasteiger partial charge in [-0.05, 0) is 12.1 Å². The number of alkyl halides is 3. The molecule has 0 radical (unpaired) electrons. The fourth-order valence-corrected chi connectivity index (χ4v) is 2.22. The number of hydrogen-bond donors (Lipinski definition) is 0. The molecule has 0 aliphatic carbocycles. The zero-order valence-electron chi connectivity index (χ0n) is 13.8. The van der Waals surface area contributed by atoms with E-state index in [1.165, 1.54) is 31.4 Å². The summed E-state index contributed by atoms with van der Waals surface area (Å²) in [5, 5.41) is 0. The van der Waals surface area contributed by atoms with Crippen LogP contribution in [0.25, 0.3) is 5.57 Å². The Labute approximate surface area is 147 Å². The van der Waals surface area contributed by atoms with Gasteiger partial charge in [-0.2, -0.15) is 13.2 Å². The number of esters is 1. The van der Waals surface area contributed by atoms with Gasteiger partial charge >= 0.3 is 12.1 Å². The average Bonchev–Trinajstić information content (AvgIpc) is 2.64. The SMILES string of the molecule is CO/C=C(/C(=O)OC)c1ccccc1C(=O)c1cccc(C(F)(F)F)n1. The summed E-state index contributed by atoms with van der Waals surface area (Å²) in [4.78, 5) is 28.1. The minimum atomic E-state index is -4.68. The van der Waals surface area contributed by atoms with Crippen LogP contribution >= 0.6 is 0 Å². The first-order valence-electron chi connectivity index (χ1n) is 7.29. The van der Waals surface area contributed by atoms with E-state index in [2.05, 4.69) is 9.72 Å². The van der Waals surface area contributed by atoms with E-state index in [1.807, 2.05) is 0 Å². The van der Waals surface area contributed by atoms with Gasteiger partial charge < -0.3 is 9.47 Å². The minimum Gasteiger partial charge on any atom is -0.503 e. The van der Waals surface area contributed by atoms with E-state index in [0.29, 0.717) is 0 Å². The molecule has 5 nitrogen and oxygen atoms in total. The minimum absolute atomic E-state index is 0.00646. The predicted molar refractivity (Wildman–Crippen MR) is 86.1 cm³/mol. The van der Waals surface area contributed by atoms with Crippen LogP contribution in [0.2, 0.25) is 0 Å². The van der Waals surface area contributed by atoms with Crippen LogP contribution in [0.5, 0.6) is 0 Å². The van der Waals surface area contributed by atoms with E-state index in [0.717, 1.165) is 25.5 Å². The molecule has 8 heteroatoms. The van der Waals surface area contributed by atoms with E-state index in [4.69, 9.17) is 4.74 Å². The van der Waals surface area contributed by atoms with Gasteiger partial charge in [0.1, 0.15) is 17.0 Å². The highest BCUT2D eigenvalue weighted by Gasteiger charge is 2.33. The number of benzene rings is 1. The Bertz CT molecular complexity index is 860. The molecular formula is C18H14F3NO4. The number of carbonyl (C=O) groups excluding carboxylic acids is 2. The second-order valence-corrected chi connectivity index (χ2v) is 5.04. The topological polar surface area (TPSA) is 65.5 Å². The van der Waals surface area contributed by atoms with Crippen molar-refractivity contribution in [3.63, 3.8) is 0 Å². The van der Waals surface area contributed by atoms with Crippen LogP contribution in [-0.4, -0.2) is 31.0 Å². The third kappa shape index (κ3) is 4.08. The quantitative estimate of drug-likeness (QED) is 0.351. The number of hydrogen-bond acceptors (Lipinski definition) is 5. The highest BCUT2D eigenvalue weighted by atomic mass is 19.4. The van der Waals surface area contributed by atoms with Gasteiger partial charge in [-0.1, -0.05) is 30.3 Å². The standard InChI is InChI=1S/C18H14F3NO4/c1-25-10-13(17(24)26-2)11-6-3-4-7-12(11)16(23)14-8-5-9-15(22-14)18(19,20)21/h3-10H,1-2H3/b13-10+. The van der Waals surface area contributed by atoms with Crippen molar-refractivity contribution in [2.75, 3.05) is 14.2 Å². The number of ketones is 1. The molecule has 0 atom stereocenters. The lowest BCUT2D eigenvalue weighted by Gasteiger charge is -2.11. The lowest BCUT2D eigenvalue weighted by molar-refractivity contribution is -0.141. The molecule has 0 spiro atoms. The first kappa shape index (κ1) is 19.2. The molecule has 0 aliphatic heterocycles. The smallest absolute Gasteiger partial charge is 0.433 e. The van der Waals surface area contributed by atoms with Crippen molar-refractivity contribution < 1.29 is 32.2 Å². The molecule has 0 N–H and O–H groups in total. The summed E-state index contributed by atoms with van der Waals surface area (Å²) < 4.78 is 48.0. The van der Waals surface area contributed by atoms with E-state index in [9.17, 15) is 22.8 Å². The Balaban J connectivity index is 2.55. The van der Waals surface area contributed by atoms with Crippen molar-refractivity contribution in [2.45, 2.75) is 6.18 Å². The van der Waals surface area contributed by atoms with Crippen LogP contribution in [0.15, 0.2) is 48.7 Å². The van der Waals surface area contributed by atoms with Gasteiger partial charge in [0.2, 0.25) is 5.78 Å². The number of nitrogens with zero attached hydrogens (tertiary/aromatic N) is 1. The Morgan fingerprint density at radius 3 is 2.23 bits per heavy atom. The van der Waals surface area contributed by atoms with Crippen LogP contribution in [0, 0.1) is 0 Å². The second-order valence-electron chi connectivity index (χ2n) is 5.04. The number of rotatable bonds is 5. The fourth-order valence-electron chi connectivity index (χ4n) is 2.22. The van der Waals surface area contributed by atoms with E-state index >= 15 is 0 Å². The third-order valence-corrected chi connectivity index (χ3v) is 3.38. The molecule has 2 rings (SSSR count). The summed E-state index contributed by atoms with van der Waals surface area (Å²) >= 11 is 0. The highest BCUT2D eigenvalue weighted by molar-refractivity contribution is 6.21. The Morgan fingerprint density at radius 2 is 1.65 bits per heavy atom. The summed E-state index contributed by atoms with van der Waals surface area (Å²) in [6, 6.07) is 8.97. The molecular weight excluding hydrogens is 351 g/mol. The number of pyridine rings is 1. The largest absolute Gasteiger partial charge is 0.503 e. The maximum absolute atomic E-state index is 12.8. The monoisotopic (exact) mass is 365 g/mol. The Kier molecular flexibility index (Phi) is 5.76. The van der Waals surface area contributed by atoms with Crippen LogP contribution in [0.1, 0.15) is 27.3 Å². The van der Waals surface area contributed by atoms with Gasteiger partial charge in [0, 0.05) is 11.1 Å². The molecule has 1 aromatic carbocycles. The highest BCUT2D eigenvalue weighted by Crippen LogP contribution is 2.28. The van der Waals surface area contributed by atoms with Crippen LogP contribution in [0.4, 0.5) is 13.2 Å². The number of carbonyl (C=O) groups is 2. The van der Waals surface area contributed by atoms with Crippen molar-refractivity contribution in [3.8, 4) is 0 Å². The summed E-state index contributed by atoms with van der Waals surface area (Å²) in [6.07, 6.45) is -3.58. The first-order chi connectivity index (χ1) is 12.3. The molecule has 0 fully saturated rings. The molecule has 0 amide bonds. The summed E-state index contributed by atoms with van der Waals surface area (Å²) in [5.74, 6) is -1.53. The van der Waals surface area contributed by atoms with Crippen LogP contribution < -0.4 is 0 Å². The molecule has 26 heavy (non-hydrogen) atoms. The van der Waals surface area contributed by atoms with Gasteiger partial charge in [0.15, 0.2) is 0 Å². The van der Waals surface area contributed by atoms with Gasteiger partial charge in [-0.25, -0.2) is 9.78 Å². The zero-order valence-corrected chi connectivity index (χ0v) is 13.8. The number of methoxy groups -OCH3 is 2. The van der Waals surface area contributed by atoms with Crippen molar-refractivity contribution in [1.29, 1.82) is 0 Å². The number of ether oxygens (including phenoxy) is 2. The Hall–Kier alpha value is -3.16. The van der Waals surface area contributed by atoms with Crippen molar-refractivity contribution in [1.82, 2.24) is 4.98 Å². The molecule has 0 unspecified atom stereocenters. The molecule has 0 saturated heterocycles. The first-order valence-corrected chi connectivity index (χ1v) is 7.29. The van der Waals surface area contributed by atoms with Crippen LogP contribution in [-0.2, 0) is 20.4 Å². The fraction of sp³-hybridized carbons (Fsp3) is 0.167. The maximum atomic E-state index is 12.8. The van der Waals surface area contributed by atoms with Crippen molar-refractivity contribution >= 4 is 17.3 Å². The van der Waals surface area contributed by atoms with Gasteiger partial charge in [0.05, 0.1) is 20.5 Å². The second kappa shape index (κ2) is 7.81. The lowest BCUT2D eigenvalue weighted by atomic mass is 9.96. The molecule has 2 aromatic rings. The van der Waals surface area contributed by atoms with Gasteiger partial charge in [-0.15, -0.1) is 0 Å². The van der Waals surface area contributed by atoms with Crippen LogP contribution in [0.3, 0.4) is 0 Å². The van der Waals surface area contributed by atoms with Crippen molar-refractivity contribution in [2.24, 2.45) is 0 Å². The average molecular weight is 365 g/mol. The lowest BCUT2D eigenvalue weighted by Crippen LogP contribution is -2.14. The normalized spacial score (nSPS) is 11.8. The number of aromatic nitrogens is 1. The molecule has 136 valence electrons. The molecule has 0 saturated carbocycles. The summed E-state index contributed by atoms with van der Waals surface area (Å²) in [6.45, 7) is 0. The molecule has 0 aliphatic rings. The van der Waals surface area contributed by atoms with Crippen molar-refractivity contribution in [3.05, 3.63) is 71.2 Å². The number of halogens is 3. The summed E-state index contributed by atoms with van der Waals surface area (Å²) in [5.41, 5.74) is -1.47.